The number of hydrogen-bond acceptors (Lipinski definition) is 5. The van der Waals surface area contributed by atoms with Crippen LogP contribution >= 0.6 is 0 Å². The van der Waals surface area contributed by atoms with Crippen LogP contribution in [0.5, 0.6) is 0 Å². The molecular weight excluding hydrogens is 410 g/mol. The second-order valence-electron chi connectivity index (χ2n) is 8.64. The minimum Gasteiger partial charge on any atom is -0.348 e. The van der Waals surface area contributed by atoms with E-state index in [4.69, 9.17) is 4.98 Å². The standard InChI is InChI=1S/C27H27N5O/c1-17(2)19(4)32-25(33)14-13-23-16-29-27(31-26(23)32)30-18(3)20-9-11-21(12-10-20)24-8-6-5-7-22(24)15-28/h5-14,16-19H,1-4H3,(H,29,30,31). The molecule has 0 aliphatic heterocycles. The van der Waals surface area contributed by atoms with Crippen molar-refractivity contribution in [1.82, 2.24) is 14.5 Å². The molecule has 2 unspecified atom stereocenters. The number of nitrogens with zero attached hydrogens (tertiary/aromatic N) is 4. The molecular formula is C27H27N5O. The van der Waals surface area contributed by atoms with Gasteiger partial charge in [0.15, 0.2) is 0 Å². The van der Waals surface area contributed by atoms with Crippen molar-refractivity contribution in [3.63, 3.8) is 0 Å². The van der Waals surface area contributed by atoms with E-state index in [0.717, 1.165) is 22.1 Å². The van der Waals surface area contributed by atoms with Crippen LogP contribution in [0.25, 0.3) is 22.2 Å². The summed E-state index contributed by atoms with van der Waals surface area (Å²) < 4.78 is 1.75. The Labute approximate surface area is 193 Å². The molecule has 0 spiro atoms. The molecule has 1 N–H and O–H groups in total. The fourth-order valence-electron chi connectivity index (χ4n) is 3.86. The monoisotopic (exact) mass is 437 g/mol. The van der Waals surface area contributed by atoms with Crippen LogP contribution < -0.4 is 10.9 Å². The van der Waals surface area contributed by atoms with Crippen molar-refractivity contribution in [3.8, 4) is 17.2 Å². The lowest BCUT2D eigenvalue weighted by atomic mass is 9.98. The summed E-state index contributed by atoms with van der Waals surface area (Å²) in [6, 6.07) is 21.3. The summed E-state index contributed by atoms with van der Waals surface area (Å²) in [5.41, 5.74) is 4.21. The van der Waals surface area contributed by atoms with E-state index in [0.29, 0.717) is 23.1 Å². The quantitative estimate of drug-likeness (QED) is 0.417. The summed E-state index contributed by atoms with van der Waals surface area (Å²) in [6.07, 6.45) is 1.75. The van der Waals surface area contributed by atoms with E-state index in [2.05, 4.69) is 30.2 Å². The first-order chi connectivity index (χ1) is 15.9. The van der Waals surface area contributed by atoms with Gasteiger partial charge in [0, 0.05) is 23.7 Å². The first kappa shape index (κ1) is 22.2. The van der Waals surface area contributed by atoms with E-state index in [9.17, 15) is 10.1 Å². The zero-order chi connectivity index (χ0) is 23.5. The van der Waals surface area contributed by atoms with Crippen LogP contribution in [0.2, 0.25) is 0 Å². The number of fused-ring (bicyclic) bond motifs is 1. The van der Waals surface area contributed by atoms with Gasteiger partial charge >= 0.3 is 0 Å². The van der Waals surface area contributed by atoms with Crippen LogP contribution in [0.15, 0.2) is 71.7 Å². The minimum atomic E-state index is -0.0605. The summed E-state index contributed by atoms with van der Waals surface area (Å²) in [5, 5.41) is 13.6. The van der Waals surface area contributed by atoms with Crippen LogP contribution in [0.1, 0.15) is 50.9 Å². The first-order valence-electron chi connectivity index (χ1n) is 11.1. The van der Waals surface area contributed by atoms with Gasteiger partial charge in [-0.25, -0.2) is 4.98 Å². The smallest absolute Gasteiger partial charge is 0.252 e. The molecule has 33 heavy (non-hydrogen) atoms. The average molecular weight is 438 g/mol. The van der Waals surface area contributed by atoms with E-state index in [1.54, 1.807) is 22.9 Å². The van der Waals surface area contributed by atoms with Crippen molar-refractivity contribution < 1.29 is 0 Å². The number of anilines is 1. The number of nitriles is 1. The zero-order valence-corrected chi connectivity index (χ0v) is 19.3. The lowest BCUT2D eigenvalue weighted by molar-refractivity contribution is 0.407. The molecule has 0 aliphatic rings. The predicted octanol–water partition coefficient (Wildman–Crippen LogP) is 5.72. The van der Waals surface area contributed by atoms with E-state index in [-0.39, 0.29) is 17.6 Å². The summed E-state index contributed by atoms with van der Waals surface area (Å²) in [5.74, 6) is 0.771. The highest BCUT2D eigenvalue weighted by Gasteiger charge is 2.16. The average Bonchev–Trinajstić information content (AvgIpc) is 2.83. The Kier molecular flexibility index (Phi) is 6.23. The number of benzene rings is 2. The Morgan fingerprint density at radius 1 is 0.970 bits per heavy atom. The molecule has 0 radical (unpaired) electrons. The van der Waals surface area contributed by atoms with Gasteiger partial charge in [-0.05, 0) is 48.6 Å². The summed E-state index contributed by atoms with van der Waals surface area (Å²) in [7, 11) is 0. The molecule has 2 aromatic carbocycles. The lowest BCUT2D eigenvalue weighted by Gasteiger charge is -2.21. The Bertz CT molecular complexity index is 1380. The first-order valence-corrected chi connectivity index (χ1v) is 11.1. The Morgan fingerprint density at radius 3 is 2.39 bits per heavy atom. The fraction of sp³-hybridized carbons (Fsp3) is 0.259. The van der Waals surface area contributed by atoms with Crippen LogP contribution in [0, 0.1) is 17.2 Å². The fourth-order valence-corrected chi connectivity index (χ4v) is 3.86. The van der Waals surface area contributed by atoms with Crippen molar-refractivity contribution in [3.05, 3.63) is 88.3 Å². The van der Waals surface area contributed by atoms with E-state index in [1.807, 2.05) is 62.4 Å². The van der Waals surface area contributed by atoms with Gasteiger partial charge < -0.3 is 5.32 Å². The van der Waals surface area contributed by atoms with Gasteiger partial charge in [-0.2, -0.15) is 10.2 Å². The molecule has 0 saturated heterocycles. The second-order valence-corrected chi connectivity index (χ2v) is 8.64. The summed E-state index contributed by atoms with van der Waals surface area (Å²) >= 11 is 0. The van der Waals surface area contributed by atoms with Gasteiger partial charge in [0.2, 0.25) is 5.95 Å². The van der Waals surface area contributed by atoms with Crippen LogP contribution in [-0.4, -0.2) is 14.5 Å². The topological polar surface area (TPSA) is 83.6 Å². The maximum absolute atomic E-state index is 12.6. The normalized spacial score (nSPS) is 13.0. The summed E-state index contributed by atoms with van der Waals surface area (Å²) in [4.78, 5) is 21.7. The van der Waals surface area contributed by atoms with Crippen LogP contribution in [0.3, 0.4) is 0 Å². The minimum absolute atomic E-state index is 0.0187. The highest BCUT2D eigenvalue weighted by molar-refractivity contribution is 5.75. The van der Waals surface area contributed by atoms with Crippen molar-refractivity contribution >= 4 is 17.0 Å². The number of pyridine rings is 1. The zero-order valence-electron chi connectivity index (χ0n) is 19.3. The Morgan fingerprint density at radius 2 is 1.70 bits per heavy atom. The molecule has 0 amide bonds. The number of rotatable bonds is 6. The van der Waals surface area contributed by atoms with Crippen molar-refractivity contribution in [2.24, 2.45) is 5.92 Å². The molecule has 4 rings (SSSR count). The van der Waals surface area contributed by atoms with E-state index in [1.165, 1.54) is 0 Å². The second kappa shape index (κ2) is 9.25. The van der Waals surface area contributed by atoms with Crippen molar-refractivity contribution in [1.29, 1.82) is 5.26 Å². The molecule has 0 fully saturated rings. The molecule has 6 heteroatoms. The number of aromatic nitrogens is 3. The molecule has 0 bridgehead atoms. The SMILES string of the molecule is CC(Nc1ncc2ccc(=O)n(C(C)C(C)C)c2n1)c1ccc(-c2ccccc2C#N)cc1. The van der Waals surface area contributed by atoms with Gasteiger partial charge in [0.1, 0.15) is 5.65 Å². The van der Waals surface area contributed by atoms with Crippen molar-refractivity contribution in [2.45, 2.75) is 39.8 Å². The van der Waals surface area contributed by atoms with Gasteiger partial charge in [-0.15, -0.1) is 0 Å². The third-order valence-corrected chi connectivity index (χ3v) is 6.15. The Balaban J connectivity index is 1.61. The maximum atomic E-state index is 12.6. The van der Waals surface area contributed by atoms with Gasteiger partial charge in [0.25, 0.3) is 5.56 Å². The highest BCUT2D eigenvalue weighted by atomic mass is 16.1. The van der Waals surface area contributed by atoms with Crippen molar-refractivity contribution in [2.75, 3.05) is 5.32 Å². The van der Waals surface area contributed by atoms with Gasteiger partial charge in [-0.1, -0.05) is 56.3 Å². The van der Waals surface area contributed by atoms with Gasteiger partial charge in [0.05, 0.1) is 17.7 Å². The van der Waals surface area contributed by atoms with Gasteiger partial charge in [-0.3, -0.25) is 9.36 Å². The number of nitrogens with one attached hydrogen (secondary N) is 1. The summed E-state index contributed by atoms with van der Waals surface area (Å²) in [6.45, 7) is 8.27. The highest BCUT2D eigenvalue weighted by Crippen LogP contribution is 2.26. The Hall–Kier alpha value is -3.98. The molecule has 6 nitrogen and oxygen atoms in total. The predicted molar refractivity (Wildman–Crippen MR) is 132 cm³/mol. The molecule has 166 valence electrons. The maximum Gasteiger partial charge on any atom is 0.252 e. The van der Waals surface area contributed by atoms with Crippen LogP contribution in [-0.2, 0) is 0 Å². The molecule has 0 saturated carbocycles. The lowest BCUT2D eigenvalue weighted by Crippen LogP contribution is -2.26. The third-order valence-electron chi connectivity index (χ3n) is 6.15. The molecule has 2 heterocycles. The van der Waals surface area contributed by atoms with E-state index >= 15 is 0 Å². The number of hydrogen-bond donors (Lipinski definition) is 1. The third kappa shape index (κ3) is 4.49. The molecule has 0 aliphatic carbocycles. The molecule has 2 aromatic heterocycles. The van der Waals surface area contributed by atoms with Crippen LogP contribution in [0.4, 0.5) is 5.95 Å². The largest absolute Gasteiger partial charge is 0.348 e. The molecule has 4 aromatic rings. The molecule has 2 atom stereocenters. The van der Waals surface area contributed by atoms with E-state index < -0.39 is 0 Å².